The molecule has 0 aromatic heterocycles. The number of halogens is 2. The Morgan fingerprint density at radius 2 is 1.56 bits per heavy atom. The molecular formula is C9H14F2N3OP3. The van der Waals surface area contributed by atoms with Crippen molar-refractivity contribution < 1.29 is 12.9 Å². The van der Waals surface area contributed by atoms with Crippen molar-refractivity contribution in [2.45, 2.75) is 0 Å². The molecule has 2 unspecified atom stereocenters. The molecule has 1 aromatic rings. The molecule has 2 atom stereocenters. The van der Waals surface area contributed by atoms with Crippen molar-refractivity contribution in [1.82, 2.24) is 0 Å². The molecule has 0 amide bonds. The lowest BCUT2D eigenvalue weighted by Gasteiger charge is -2.22. The molecule has 100 valence electrons. The van der Waals surface area contributed by atoms with Crippen molar-refractivity contribution in [1.29, 1.82) is 0 Å². The summed E-state index contributed by atoms with van der Waals surface area (Å²) in [6.45, 7) is 4.54. The van der Waals surface area contributed by atoms with Crippen LogP contribution in [0.2, 0.25) is 0 Å². The van der Waals surface area contributed by atoms with E-state index in [-0.39, 0.29) is 0 Å². The maximum absolute atomic E-state index is 14.6. The predicted molar refractivity (Wildman–Crippen MR) is 75.1 cm³/mol. The fourth-order valence-corrected chi connectivity index (χ4v) is 10.6. The normalized spacial score (nSPS) is 33.8. The van der Waals surface area contributed by atoms with E-state index in [1.165, 1.54) is 6.66 Å². The largest absolute Gasteiger partial charge is 0.435 e. The number of para-hydroxylation sites is 1. The lowest BCUT2D eigenvalue weighted by atomic mass is 10.3. The minimum atomic E-state index is -3.95. The Balaban J connectivity index is 2.47. The Bertz CT molecular complexity index is 610. The van der Waals surface area contributed by atoms with Crippen LogP contribution < -0.4 is 4.52 Å². The van der Waals surface area contributed by atoms with Gasteiger partial charge in [0.2, 0.25) is 7.52 Å². The van der Waals surface area contributed by atoms with Gasteiger partial charge < -0.3 is 4.52 Å². The van der Waals surface area contributed by atoms with Crippen LogP contribution in [0.1, 0.15) is 0 Å². The van der Waals surface area contributed by atoms with Gasteiger partial charge in [0.1, 0.15) is 5.75 Å². The molecule has 0 N–H and O–H groups in total. The van der Waals surface area contributed by atoms with Crippen LogP contribution in [0.4, 0.5) is 8.39 Å². The quantitative estimate of drug-likeness (QED) is 0.618. The molecule has 1 heterocycles. The van der Waals surface area contributed by atoms with Crippen LogP contribution in [0.15, 0.2) is 43.9 Å². The Kier molecular flexibility index (Phi) is 3.57. The van der Waals surface area contributed by atoms with Crippen LogP contribution in [0, 0.1) is 0 Å². The van der Waals surface area contributed by atoms with E-state index in [0.29, 0.717) is 5.75 Å². The second-order valence-electron chi connectivity index (χ2n) is 4.29. The van der Waals surface area contributed by atoms with Crippen molar-refractivity contribution in [2.24, 2.45) is 13.5 Å². The van der Waals surface area contributed by atoms with Crippen LogP contribution in [0.25, 0.3) is 0 Å². The van der Waals surface area contributed by atoms with Gasteiger partial charge in [0.05, 0.1) is 7.21 Å². The van der Waals surface area contributed by atoms with E-state index in [1.54, 1.807) is 43.7 Å². The molecule has 0 radical (unpaired) electrons. The van der Waals surface area contributed by atoms with Gasteiger partial charge in [-0.1, -0.05) is 18.2 Å². The van der Waals surface area contributed by atoms with Gasteiger partial charge in [0.15, 0.2) is 0 Å². The smallest absolute Gasteiger partial charge is 0.419 e. The van der Waals surface area contributed by atoms with Gasteiger partial charge in [0, 0.05) is 6.66 Å². The van der Waals surface area contributed by atoms with Crippen molar-refractivity contribution in [3.8, 4) is 5.75 Å². The third-order valence-electron chi connectivity index (χ3n) is 1.95. The standard InChI is InChI=1S/C9H14F2N3OP3/c1-16(2)12-17(3,10)14-18(11,13-16)15-9-7-5-4-6-8-9/h4-8H,1-3H3. The minimum absolute atomic E-state index is 0.308. The zero-order chi connectivity index (χ0) is 13.4. The second-order valence-corrected chi connectivity index (χ2v) is 11.9. The van der Waals surface area contributed by atoms with Crippen LogP contribution in [-0.4, -0.2) is 20.0 Å². The highest BCUT2D eigenvalue weighted by Gasteiger charge is 2.33. The first-order chi connectivity index (χ1) is 8.20. The Labute approximate surface area is 105 Å². The molecule has 1 aromatic carbocycles. The molecule has 1 aliphatic heterocycles. The molecule has 18 heavy (non-hydrogen) atoms. The van der Waals surface area contributed by atoms with Gasteiger partial charge in [-0.25, -0.2) is 4.52 Å². The summed E-state index contributed by atoms with van der Waals surface area (Å²) >= 11 is 0. The van der Waals surface area contributed by atoms with E-state index in [1.807, 2.05) is 0 Å². The fraction of sp³-hybridized carbons (Fsp3) is 0.333. The summed E-state index contributed by atoms with van der Waals surface area (Å²) in [6.07, 6.45) is 0. The highest BCUT2D eigenvalue weighted by Crippen LogP contribution is 2.76. The van der Waals surface area contributed by atoms with Crippen molar-refractivity contribution in [3.63, 3.8) is 0 Å². The summed E-state index contributed by atoms with van der Waals surface area (Å²) in [4.78, 5) is 0. The summed E-state index contributed by atoms with van der Waals surface area (Å²) < 4.78 is 45.1. The van der Waals surface area contributed by atoms with Gasteiger partial charge in [-0.3, -0.25) is 0 Å². The first-order valence-corrected chi connectivity index (χ1v) is 11.3. The summed E-state index contributed by atoms with van der Waals surface area (Å²) in [5.41, 5.74) is 0. The molecule has 9 heteroatoms. The van der Waals surface area contributed by atoms with E-state index in [4.69, 9.17) is 4.52 Å². The minimum Gasteiger partial charge on any atom is -0.419 e. The Morgan fingerprint density at radius 3 is 2.11 bits per heavy atom. The van der Waals surface area contributed by atoms with Gasteiger partial charge >= 0.3 is 7.74 Å². The van der Waals surface area contributed by atoms with Crippen molar-refractivity contribution in [3.05, 3.63) is 30.3 Å². The molecule has 0 bridgehead atoms. The third kappa shape index (κ3) is 3.54. The molecule has 0 aliphatic carbocycles. The highest BCUT2D eigenvalue weighted by atomic mass is 31.3. The lowest BCUT2D eigenvalue weighted by Crippen LogP contribution is -1.89. The first kappa shape index (κ1) is 14.0. The zero-order valence-electron chi connectivity index (χ0n) is 10.2. The average Bonchev–Trinajstić information content (AvgIpc) is 2.11. The molecule has 0 saturated carbocycles. The third-order valence-corrected chi connectivity index (χ3v) is 10.3. The van der Waals surface area contributed by atoms with E-state index in [2.05, 4.69) is 13.5 Å². The number of hydrogen-bond donors (Lipinski definition) is 0. The summed E-state index contributed by atoms with van der Waals surface area (Å²) in [5, 5.41) is 0. The summed E-state index contributed by atoms with van der Waals surface area (Å²) in [5.74, 6) is 0.308. The Hall–Kier alpha value is -0.430. The topological polar surface area (TPSA) is 46.3 Å². The van der Waals surface area contributed by atoms with Gasteiger partial charge in [-0.15, -0.1) is 8.71 Å². The summed E-state index contributed by atoms with van der Waals surface area (Å²) in [6, 6.07) is 8.39. The van der Waals surface area contributed by atoms with E-state index < -0.39 is 22.5 Å². The molecule has 0 spiro atoms. The predicted octanol–water partition coefficient (Wildman–Crippen LogP) is 6.00. The molecule has 4 nitrogen and oxygen atoms in total. The highest BCUT2D eigenvalue weighted by molar-refractivity contribution is 7.82. The zero-order valence-corrected chi connectivity index (χ0v) is 12.9. The maximum Gasteiger partial charge on any atom is 0.435 e. The molecule has 0 fully saturated rings. The van der Waals surface area contributed by atoms with Gasteiger partial charge in [0.25, 0.3) is 0 Å². The number of hydrogen-bond acceptors (Lipinski definition) is 4. The van der Waals surface area contributed by atoms with E-state index >= 15 is 0 Å². The lowest BCUT2D eigenvalue weighted by molar-refractivity contribution is 0.552. The van der Waals surface area contributed by atoms with Crippen molar-refractivity contribution in [2.75, 3.05) is 20.0 Å². The van der Waals surface area contributed by atoms with Gasteiger partial charge in [-0.05, 0) is 25.5 Å². The average molecular weight is 311 g/mol. The number of benzene rings is 1. The van der Waals surface area contributed by atoms with Crippen LogP contribution >= 0.6 is 22.5 Å². The van der Waals surface area contributed by atoms with E-state index in [9.17, 15) is 8.39 Å². The monoisotopic (exact) mass is 311 g/mol. The maximum atomic E-state index is 14.6. The van der Waals surface area contributed by atoms with Crippen molar-refractivity contribution >= 4 is 22.5 Å². The van der Waals surface area contributed by atoms with Gasteiger partial charge in [-0.2, -0.15) is 8.71 Å². The number of rotatable bonds is 2. The molecule has 0 saturated heterocycles. The van der Waals surface area contributed by atoms with Crippen LogP contribution in [0.3, 0.4) is 0 Å². The number of nitrogens with zero attached hydrogens (tertiary/aromatic N) is 3. The molecule has 1 aliphatic rings. The summed E-state index contributed by atoms with van der Waals surface area (Å²) in [7, 11) is -9.75. The molecule has 2 rings (SSSR count). The van der Waals surface area contributed by atoms with Crippen LogP contribution in [0.5, 0.6) is 5.75 Å². The SMILES string of the molecule is CP1(C)=NP(C)(F)=NP(F)(Oc2ccccc2)=N1. The van der Waals surface area contributed by atoms with E-state index in [0.717, 1.165) is 0 Å². The van der Waals surface area contributed by atoms with Crippen LogP contribution in [-0.2, 0) is 0 Å². The fourth-order valence-electron chi connectivity index (χ4n) is 1.58. The Morgan fingerprint density at radius 1 is 0.944 bits per heavy atom. The molecular weight excluding hydrogens is 297 g/mol. The first-order valence-electron chi connectivity index (χ1n) is 5.18. The second kappa shape index (κ2) is 4.59.